The van der Waals surface area contributed by atoms with Crippen molar-refractivity contribution in [3.63, 3.8) is 0 Å². The van der Waals surface area contributed by atoms with E-state index in [0.717, 1.165) is 77.0 Å². The van der Waals surface area contributed by atoms with Gasteiger partial charge in [-0.1, -0.05) is 6.07 Å². The Morgan fingerprint density at radius 2 is 1.67 bits per heavy atom. The Labute approximate surface area is 261 Å². The van der Waals surface area contributed by atoms with E-state index in [1.54, 1.807) is 6.20 Å². The highest BCUT2D eigenvalue weighted by Gasteiger charge is 2.38. The van der Waals surface area contributed by atoms with Gasteiger partial charge in [0.15, 0.2) is 0 Å². The molecule has 2 heterocycles. The molecule has 4 N–H and O–H groups in total. The number of amides is 1. The number of aromatic amines is 1. The lowest BCUT2D eigenvalue weighted by molar-refractivity contribution is -0.192. The number of halogens is 3. The van der Waals surface area contributed by atoms with E-state index in [-0.39, 0.29) is 5.56 Å². The Hall–Kier alpha value is -4.19. The quantitative estimate of drug-likeness (QED) is 0.305. The van der Waals surface area contributed by atoms with Gasteiger partial charge in [0.05, 0.1) is 0 Å². The molecule has 1 aromatic carbocycles. The number of primary amides is 1. The summed E-state index contributed by atoms with van der Waals surface area (Å²) < 4.78 is 31.7. The van der Waals surface area contributed by atoms with Crippen molar-refractivity contribution in [1.82, 2.24) is 14.9 Å². The molecule has 9 nitrogen and oxygen atoms in total. The van der Waals surface area contributed by atoms with Crippen LogP contribution >= 0.6 is 0 Å². The van der Waals surface area contributed by atoms with E-state index in [1.165, 1.54) is 0 Å². The smallest absolute Gasteiger partial charge is 0.475 e. The first-order chi connectivity index (χ1) is 21.1. The van der Waals surface area contributed by atoms with Crippen LogP contribution < -0.4 is 16.2 Å². The van der Waals surface area contributed by atoms with E-state index in [0.29, 0.717) is 24.1 Å². The zero-order valence-electron chi connectivity index (χ0n) is 26.6. The minimum atomic E-state index is -5.08. The topological polar surface area (TPSA) is 133 Å². The first-order valence-corrected chi connectivity index (χ1v) is 14.9. The normalized spacial score (nSPS) is 16.6. The summed E-state index contributed by atoms with van der Waals surface area (Å²) in [5, 5.41) is 7.12. The molecule has 1 fully saturated rings. The fraction of sp³-hybridized carbons (Fsp3) is 0.455. The van der Waals surface area contributed by atoms with Crippen LogP contribution in [0.4, 0.5) is 18.9 Å². The van der Waals surface area contributed by atoms with Gasteiger partial charge in [-0.05, 0) is 108 Å². The summed E-state index contributed by atoms with van der Waals surface area (Å²) in [4.78, 5) is 46.9. The van der Waals surface area contributed by atoms with Crippen molar-refractivity contribution >= 4 is 17.6 Å². The molecule has 244 valence electrons. The summed E-state index contributed by atoms with van der Waals surface area (Å²) in [6.45, 7) is 8.85. The summed E-state index contributed by atoms with van der Waals surface area (Å²) in [5.74, 6) is -3.20. The highest BCUT2D eigenvalue weighted by molar-refractivity contribution is 5.99. The highest BCUT2D eigenvalue weighted by Crippen LogP contribution is 2.40. The number of nitrogens with zero attached hydrogens (tertiary/aromatic N) is 3. The Balaban J connectivity index is 0.000000707. The van der Waals surface area contributed by atoms with Gasteiger partial charge in [-0.2, -0.15) is 13.2 Å². The summed E-state index contributed by atoms with van der Waals surface area (Å²) >= 11 is 0. The van der Waals surface area contributed by atoms with Crippen molar-refractivity contribution in [3.05, 3.63) is 80.5 Å². The van der Waals surface area contributed by atoms with E-state index in [1.807, 2.05) is 51.2 Å². The highest BCUT2D eigenvalue weighted by atomic mass is 19.4. The van der Waals surface area contributed by atoms with Crippen LogP contribution in [0.5, 0.6) is 0 Å². The molecule has 3 aromatic rings. The molecule has 0 atom stereocenters. The molecule has 1 aliphatic carbocycles. The van der Waals surface area contributed by atoms with Gasteiger partial charge in [0.2, 0.25) is 5.91 Å². The van der Waals surface area contributed by atoms with Gasteiger partial charge < -0.3 is 25.6 Å². The number of pyridine rings is 2. The van der Waals surface area contributed by atoms with Crippen LogP contribution in [0.15, 0.2) is 41.5 Å². The number of alkyl halides is 3. The van der Waals surface area contributed by atoms with Gasteiger partial charge in [-0.15, -0.1) is 0 Å². The molecule has 2 aromatic heterocycles. The van der Waals surface area contributed by atoms with Crippen LogP contribution in [0.25, 0.3) is 11.1 Å². The molecule has 0 aliphatic heterocycles. The van der Waals surface area contributed by atoms with Gasteiger partial charge in [0.25, 0.3) is 5.56 Å². The third-order valence-electron chi connectivity index (χ3n) is 8.45. The molecule has 1 amide bonds. The molecule has 0 unspecified atom stereocenters. The molecule has 0 saturated heterocycles. The fourth-order valence-corrected chi connectivity index (χ4v) is 6.19. The first kappa shape index (κ1) is 35.3. The van der Waals surface area contributed by atoms with Crippen molar-refractivity contribution < 1.29 is 27.9 Å². The minimum Gasteiger partial charge on any atom is -0.475 e. The van der Waals surface area contributed by atoms with Crippen molar-refractivity contribution in [3.8, 4) is 11.1 Å². The molecule has 0 radical (unpaired) electrons. The average Bonchev–Trinajstić information content (AvgIpc) is 2.96. The van der Waals surface area contributed by atoms with Crippen LogP contribution in [0, 0.1) is 20.8 Å². The Bertz CT molecular complexity index is 1560. The van der Waals surface area contributed by atoms with Crippen LogP contribution in [0.2, 0.25) is 0 Å². The molecule has 12 heteroatoms. The number of carbonyl (C=O) groups excluding carboxylic acids is 1. The summed E-state index contributed by atoms with van der Waals surface area (Å²) in [5.41, 5.74) is 13.6. The van der Waals surface area contributed by atoms with E-state index in [4.69, 9.17) is 15.6 Å². The maximum Gasteiger partial charge on any atom is 0.490 e. The Morgan fingerprint density at radius 1 is 1.07 bits per heavy atom. The average molecular weight is 630 g/mol. The zero-order valence-corrected chi connectivity index (χ0v) is 26.6. The lowest BCUT2D eigenvalue weighted by Gasteiger charge is -2.41. The van der Waals surface area contributed by atoms with E-state index in [2.05, 4.69) is 40.8 Å². The Morgan fingerprint density at radius 3 is 2.13 bits per heavy atom. The van der Waals surface area contributed by atoms with Gasteiger partial charge in [-0.25, -0.2) is 4.79 Å². The van der Waals surface area contributed by atoms with E-state index >= 15 is 0 Å². The maximum absolute atomic E-state index is 13.2. The number of carboxylic acids is 1. The largest absolute Gasteiger partial charge is 0.490 e. The van der Waals surface area contributed by atoms with Crippen molar-refractivity contribution in [1.29, 1.82) is 0 Å². The predicted molar refractivity (Wildman–Crippen MR) is 169 cm³/mol. The Kier molecular flexibility index (Phi) is 11.5. The van der Waals surface area contributed by atoms with Crippen LogP contribution in [-0.2, 0) is 11.2 Å². The second-order valence-corrected chi connectivity index (χ2v) is 11.7. The summed E-state index contributed by atoms with van der Waals surface area (Å²) in [7, 11) is 4.31. The number of nitrogens with two attached hydrogens (primary N) is 1. The molecule has 1 aliphatic rings. The lowest BCUT2D eigenvalue weighted by Crippen LogP contribution is -2.43. The van der Waals surface area contributed by atoms with Crippen LogP contribution in [0.3, 0.4) is 0 Å². The third kappa shape index (κ3) is 8.50. The number of benzene rings is 1. The number of H-pyrrole nitrogens is 1. The molecule has 4 rings (SSSR count). The van der Waals surface area contributed by atoms with Gasteiger partial charge in [0.1, 0.15) is 0 Å². The standard InChI is InChI=1S/C31H41N5O2.C2HF3O2/c1-7-36(24-12-10-23(11-13-24)35(5)6)29-21(4)26(30(32)37)17-27(22-9-8-14-33-18-22)28(29)16-25-19(2)15-20(3)34-31(25)38;3-2(4,5)1(6)7/h8-9,14-15,17-18,23-24H,7,10-13,16H2,1-6H3,(H2,32,37)(H,34,38);(H,6,7). The molecule has 1 saturated carbocycles. The number of nitrogens with one attached hydrogen (secondary N) is 1. The number of aliphatic carboxylic acids is 1. The van der Waals surface area contributed by atoms with Gasteiger partial charge >= 0.3 is 12.1 Å². The van der Waals surface area contributed by atoms with Crippen molar-refractivity contribution in [2.45, 2.75) is 78.1 Å². The van der Waals surface area contributed by atoms with Gasteiger partial charge in [0, 0.05) is 65.5 Å². The molecular formula is C33H42F3N5O4. The number of carbonyl (C=O) groups is 2. The fourth-order valence-electron chi connectivity index (χ4n) is 6.19. The second-order valence-electron chi connectivity index (χ2n) is 11.7. The van der Waals surface area contributed by atoms with E-state index in [9.17, 15) is 22.8 Å². The predicted octanol–water partition coefficient (Wildman–Crippen LogP) is 5.38. The summed E-state index contributed by atoms with van der Waals surface area (Å²) in [6.07, 6.45) is 3.32. The molecule has 0 spiro atoms. The number of anilines is 1. The minimum absolute atomic E-state index is 0.0724. The summed E-state index contributed by atoms with van der Waals surface area (Å²) in [6, 6.07) is 8.73. The molecule has 0 bridgehead atoms. The monoisotopic (exact) mass is 629 g/mol. The molecular weight excluding hydrogens is 587 g/mol. The number of aryl methyl sites for hydroxylation is 2. The third-order valence-corrected chi connectivity index (χ3v) is 8.45. The number of hydrogen-bond acceptors (Lipinski definition) is 6. The van der Waals surface area contributed by atoms with Crippen molar-refractivity contribution in [2.75, 3.05) is 25.5 Å². The van der Waals surface area contributed by atoms with Crippen LogP contribution in [0.1, 0.15) is 70.9 Å². The number of hydrogen-bond donors (Lipinski definition) is 3. The SMILES string of the molecule is CCN(c1c(C)c(C(N)=O)cc(-c2cccnc2)c1Cc1c(C)cc(C)[nH]c1=O)C1CCC(N(C)C)CC1.O=C(O)C(F)(F)F. The number of rotatable bonds is 8. The van der Waals surface area contributed by atoms with E-state index < -0.39 is 18.1 Å². The first-order valence-electron chi connectivity index (χ1n) is 14.9. The van der Waals surface area contributed by atoms with Gasteiger partial charge in [-0.3, -0.25) is 14.6 Å². The molecule has 45 heavy (non-hydrogen) atoms. The van der Waals surface area contributed by atoms with Crippen molar-refractivity contribution in [2.24, 2.45) is 5.73 Å². The maximum atomic E-state index is 13.2. The second kappa shape index (κ2) is 14.7. The lowest BCUT2D eigenvalue weighted by atomic mass is 9.85. The zero-order chi connectivity index (χ0) is 33.6. The number of aromatic nitrogens is 2. The number of carboxylic acid groups (broad SMARTS) is 1. The van der Waals surface area contributed by atoms with Crippen LogP contribution in [-0.4, -0.2) is 70.8 Å².